The number of benzene rings is 4. The van der Waals surface area contributed by atoms with Crippen molar-refractivity contribution in [2.75, 3.05) is 0 Å². The molecule has 0 saturated heterocycles. The number of aryl methyl sites for hydroxylation is 4. The number of pyridine rings is 1. The van der Waals surface area contributed by atoms with Crippen molar-refractivity contribution < 1.29 is 29.9 Å². The summed E-state index contributed by atoms with van der Waals surface area (Å²) in [6, 6.07) is 34.6. The van der Waals surface area contributed by atoms with E-state index in [2.05, 4.69) is 49.2 Å². The summed E-state index contributed by atoms with van der Waals surface area (Å²) in [5.74, 6) is 1.81. The molecule has 0 radical (unpaired) electrons. The van der Waals surface area contributed by atoms with Crippen LogP contribution in [0.3, 0.4) is 0 Å². The Labute approximate surface area is 289 Å². The van der Waals surface area contributed by atoms with E-state index >= 15 is 0 Å². The first-order chi connectivity index (χ1) is 23.1. The van der Waals surface area contributed by atoms with Gasteiger partial charge in [0.2, 0.25) is 0 Å². The molecule has 0 amide bonds. The predicted molar refractivity (Wildman–Crippen MR) is 183 cm³/mol. The monoisotopic (exact) mass is 786 g/mol. The first-order valence-corrected chi connectivity index (χ1v) is 15.4. The van der Waals surface area contributed by atoms with Crippen LogP contribution in [-0.4, -0.2) is 19.3 Å². The average molecular weight is 787 g/mol. The maximum Gasteiger partial charge on any atom is 2.00 e. The maximum absolute atomic E-state index is 8.00. The van der Waals surface area contributed by atoms with Crippen molar-refractivity contribution in [3.05, 3.63) is 131 Å². The van der Waals surface area contributed by atoms with Gasteiger partial charge in [-0.2, -0.15) is 16.7 Å². The van der Waals surface area contributed by atoms with Gasteiger partial charge in [0.1, 0.15) is 5.82 Å². The van der Waals surface area contributed by atoms with Crippen molar-refractivity contribution in [2.24, 2.45) is 0 Å². The molecule has 3 aromatic heterocycles. The van der Waals surface area contributed by atoms with Gasteiger partial charge in [0.25, 0.3) is 0 Å². The van der Waals surface area contributed by atoms with E-state index in [9.17, 15) is 0 Å². The van der Waals surface area contributed by atoms with Gasteiger partial charge in [-0.25, -0.2) is 4.98 Å². The molecule has 0 bridgehead atoms. The van der Waals surface area contributed by atoms with Gasteiger partial charge in [0.05, 0.1) is 5.69 Å². The van der Waals surface area contributed by atoms with Crippen molar-refractivity contribution in [2.45, 2.75) is 53.8 Å². The molecular formula is C40H36N4OPt. The van der Waals surface area contributed by atoms with Crippen LogP contribution in [0.5, 0.6) is 11.5 Å². The molecule has 0 atom stereocenters. The van der Waals surface area contributed by atoms with Gasteiger partial charge in [0, 0.05) is 38.6 Å². The maximum atomic E-state index is 8.00. The molecule has 0 unspecified atom stereocenters. The molecule has 0 N–H and O–H groups in total. The zero-order chi connectivity index (χ0) is 33.6. The molecule has 0 aliphatic heterocycles. The summed E-state index contributed by atoms with van der Waals surface area (Å²) in [7, 11) is 0. The Kier molecular flexibility index (Phi) is 7.92. The molecule has 7 aromatic rings. The summed E-state index contributed by atoms with van der Waals surface area (Å²) in [5, 5.41) is 6.62. The smallest absolute Gasteiger partial charge is 0.509 e. The van der Waals surface area contributed by atoms with Gasteiger partial charge in [-0.3, -0.25) is 4.68 Å². The second-order valence-corrected chi connectivity index (χ2v) is 11.6. The van der Waals surface area contributed by atoms with Gasteiger partial charge in [-0.05, 0) is 68.0 Å². The molecule has 7 rings (SSSR count). The van der Waals surface area contributed by atoms with Crippen molar-refractivity contribution in [1.29, 1.82) is 0 Å². The first-order valence-electron chi connectivity index (χ1n) is 16.9. The van der Waals surface area contributed by atoms with E-state index in [-0.39, 0.29) is 26.6 Å². The third kappa shape index (κ3) is 5.92. The van der Waals surface area contributed by atoms with E-state index in [0.717, 1.165) is 86.2 Å². The molecule has 0 aliphatic carbocycles. The van der Waals surface area contributed by atoms with Crippen molar-refractivity contribution >= 4 is 21.8 Å². The number of aromatic nitrogens is 4. The number of nitrogens with zero attached hydrogens (tertiary/aromatic N) is 4. The summed E-state index contributed by atoms with van der Waals surface area (Å²) in [4.78, 5) is 4.67. The number of rotatable bonds is 8. The molecule has 4 aromatic carbocycles. The van der Waals surface area contributed by atoms with Crippen molar-refractivity contribution in [3.8, 4) is 34.1 Å². The third-order valence-electron chi connectivity index (χ3n) is 8.29. The van der Waals surface area contributed by atoms with Crippen LogP contribution >= 0.6 is 0 Å². The summed E-state index contributed by atoms with van der Waals surface area (Å²) < 4.78 is 34.5. The fraction of sp³-hybridized carbons (Fsp3) is 0.200. The fourth-order valence-corrected chi connectivity index (χ4v) is 6.16. The van der Waals surface area contributed by atoms with Crippen LogP contribution in [0.1, 0.15) is 52.0 Å². The normalized spacial score (nSPS) is 12.5. The molecule has 0 spiro atoms. The van der Waals surface area contributed by atoms with Crippen LogP contribution in [0.25, 0.3) is 44.4 Å². The van der Waals surface area contributed by atoms with E-state index in [4.69, 9.17) is 13.9 Å². The van der Waals surface area contributed by atoms with E-state index in [1.165, 1.54) is 0 Å². The van der Waals surface area contributed by atoms with Gasteiger partial charge in [-0.1, -0.05) is 79.7 Å². The summed E-state index contributed by atoms with van der Waals surface area (Å²) >= 11 is 0. The minimum atomic E-state index is -2.22. The first kappa shape index (κ1) is 27.8. The van der Waals surface area contributed by atoms with Gasteiger partial charge < -0.3 is 9.30 Å². The minimum Gasteiger partial charge on any atom is -0.509 e. The van der Waals surface area contributed by atoms with Crippen LogP contribution < -0.4 is 4.74 Å². The van der Waals surface area contributed by atoms with Crippen LogP contribution in [0, 0.1) is 39.8 Å². The molecule has 0 saturated carbocycles. The number of hydrogen-bond acceptors (Lipinski definition) is 3. The van der Waals surface area contributed by atoms with E-state index in [1.807, 2.05) is 77.7 Å². The molecule has 46 heavy (non-hydrogen) atoms. The van der Waals surface area contributed by atoms with E-state index in [1.54, 1.807) is 18.3 Å². The van der Waals surface area contributed by atoms with Crippen LogP contribution in [0.4, 0.5) is 0 Å². The number of fused-ring (bicyclic) bond motifs is 3. The quantitative estimate of drug-likeness (QED) is 0.144. The molecule has 0 aliphatic rings. The predicted octanol–water partition coefficient (Wildman–Crippen LogP) is 10.00. The Bertz CT molecular complexity index is 2290. The SMILES string of the molecule is [2H]C([2H])([2H])c1ccc2c(c1)c1ccc(Oc3[c-]c(-n4nc(C)c(-c5ccccc5)c4C)cc(CCCC)c3)[c-]c1n2-c1cc(C)ccn1.[Pt+2]. The van der Waals surface area contributed by atoms with Crippen LogP contribution in [0.2, 0.25) is 0 Å². The fourth-order valence-electron chi connectivity index (χ4n) is 6.16. The van der Waals surface area contributed by atoms with Gasteiger partial charge >= 0.3 is 21.1 Å². The number of unbranched alkanes of at least 4 members (excludes halogenated alkanes) is 1. The molecule has 6 heteroatoms. The summed E-state index contributed by atoms with van der Waals surface area (Å²) in [6.45, 7) is 6.12. The van der Waals surface area contributed by atoms with E-state index in [0.29, 0.717) is 11.5 Å². The Hall–Kier alpha value is -4.47. The average Bonchev–Trinajstić information content (AvgIpc) is 3.55. The Balaban J connectivity index is 0.00000417. The summed E-state index contributed by atoms with van der Waals surface area (Å²) in [6.07, 6.45) is 4.81. The van der Waals surface area contributed by atoms with Crippen LogP contribution in [-0.2, 0) is 27.5 Å². The van der Waals surface area contributed by atoms with E-state index < -0.39 is 6.85 Å². The molecule has 3 heterocycles. The second-order valence-electron chi connectivity index (χ2n) is 11.6. The number of ether oxygens (including phenoxy) is 1. The van der Waals surface area contributed by atoms with Crippen LogP contribution in [0.15, 0.2) is 91.1 Å². The zero-order valence-electron chi connectivity index (χ0n) is 29.3. The largest absolute Gasteiger partial charge is 2.00 e. The molecule has 0 fully saturated rings. The topological polar surface area (TPSA) is 44.9 Å². The molecule has 5 nitrogen and oxygen atoms in total. The van der Waals surface area contributed by atoms with Gasteiger partial charge in [-0.15, -0.1) is 35.7 Å². The molecular weight excluding hydrogens is 748 g/mol. The Morgan fingerprint density at radius 2 is 1.70 bits per heavy atom. The summed E-state index contributed by atoms with van der Waals surface area (Å²) in [5.41, 5.74) is 9.14. The number of hydrogen-bond donors (Lipinski definition) is 0. The molecule has 232 valence electrons. The Morgan fingerprint density at radius 1 is 0.848 bits per heavy atom. The van der Waals surface area contributed by atoms with Gasteiger partial charge in [0.15, 0.2) is 0 Å². The second kappa shape index (κ2) is 13.1. The Morgan fingerprint density at radius 3 is 2.48 bits per heavy atom. The minimum absolute atomic E-state index is 0. The van der Waals surface area contributed by atoms with Crippen molar-refractivity contribution in [1.82, 2.24) is 19.3 Å². The third-order valence-corrected chi connectivity index (χ3v) is 8.29. The standard InChI is InChI=1S/C40H36N4O.Pt/c1-6-7-11-30-22-32(44-29(5)40(28(4)42-44)31-12-9-8-10-13-31)24-34(23-30)45-33-15-16-35-36-20-26(2)14-17-37(36)43(38(35)25-33)39-21-27(3)18-19-41-39;/h8-10,12-23H,6-7,11H2,1-5H3;/q-2;+2/i2D3;. The zero-order valence-corrected chi connectivity index (χ0v) is 28.6. The van der Waals surface area contributed by atoms with Crippen molar-refractivity contribution in [3.63, 3.8) is 0 Å².